The van der Waals surface area contributed by atoms with E-state index in [1.54, 1.807) is 25.1 Å². The maximum Gasteiger partial charge on any atom is 0.387 e. The molecular formula is C18H17F2NO4. The monoisotopic (exact) mass is 349 g/mol. The van der Waals surface area contributed by atoms with Crippen molar-refractivity contribution in [2.75, 3.05) is 12.4 Å². The minimum atomic E-state index is -2.89. The summed E-state index contributed by atoms with van der Waals surface area (Å²) in [4.78, 5) is 23.8. The lowest BCUT2D eigenvalue weighted by molar-refractivity contribution is -0.115. The van der Waals surface area contributed by atoms with E-state index in [1.807, 2.05) is 0 Å². The fourth-order valence-electron chi connectivity index (χ4n) is 2.27. The number of anilines is 1. The molecule has 0 saturated carbocycles. The van der Waals surface area contributed by atoms with Gasteiger partial charge < -0.3 is 14.8 Å². The van der Waals surface area contributed by atoms with Gasteiger partial charge in [-0.05, 0) is 42.3 Å². The van der Waals surface area contributed by atoms with Crippen molar-refractivity contribution in [1.82, 2.24) is 0 Å². The molecule has 132 valence electrons. The number of carbonyl (C=O) groups excluding carboxylic acids is 2. The number of amides is 1. The van der Waals surface area contributed by atoms with E-state index in [1.165, 1.54) is 31.4 Å². The maximum atomic E-state index is 12.2. The third-order valence-electron chi connectivity index (χ3n) is 3.53. The first-order chi connectivity index (χ1) is 11.9. The number of benzene rings is 2. The summed E-state index contributed by atoms with van der Waals surface area (Å²) in [5, 5.41) is 2.73. The van der Waals surface area contributed by atoms with E-state index >= 15 is 0 Å². The average Bonchev–Trinajstić information content (AvgIpc) is 2.57. The Kier molecular flexibility index (Phi) is 6.05. The predicted molar refractivity (Wildman–Crippen MR) is 87.9 cm³/mol. The van der Waals surface area contributed by atoms with Crippen LogP contribution >= 0.6 is 0 Å². The second kappa shape index (κ2) is 8.23. The molecule has 0 fully saturated rings. The van der Waals surface area contributed by atoms with Crippen LogP contribution in [-0.4, -0.2) is 25.6 Å². The van der Waals surface area contributed by atoms with E-state index in [2.05, 4.69) is 10.1 Å². The van der Waals surface area contributed by atoms with Gasteiger partial charge in [-0.15, -0.1) is 0 Å². The zero-order valence-electron chi connectivity index (χ0n) is 13.7. The van der Waals surface area contributed by atoms with Crippen molar-refractivity contribution in [1.29, 1.82) is 0 Å². The number of esters is 1. The summed E-state index contributed by atoms with van der Waals surface area (Å²) in [6.07, 6.45) is 0.0524. The number of rotatable bonds is 6. The van der Waals surface area contributed by atoms with Gasteiger partial charge in [0.1, 0.15) is 5.75 Å². The zero-order valence-corrected chi connectivity index (χ0v) is 13.7. The Hall–Kier alpha value is -2.96. The van der Waals surface area contributed by atoms with E-state index in [9.17, 15) is 18.4 Å². The van der Waals surface area contributed by atoms with Crippen LogP contribution in [0.1, 0.15) is 21.5 Å². The quantitative estimate of drug-likeness (QED) is 0.810. The van der Waals surface area contributed by atoms with E-state index in [0.717, 1.165) is 0 Å². The number of halogens is 2. The first kappa shape index (κ1) is 18.4. The zero-order chi connectivity index (χ0) is 18.4. The van der Waals surface area contributed by atoms with Crippen LogP contribution in [0.3, 0.4) is 0 Å². The van der Waals surface area contributed by atoms with Gasteiger partial charge in [0.2, 0.25) is 5.91 Å². The Morgan fingerprint density at radius 2 is 1.80 bits per heavy atom. The Morgan fingerprint density at radius 1 is 1.12 bits per heavy atom. The van der Waals surface area contributed by atoms with E-state index in [-0.39, 0.29) is 18.1 Å². The molecule has 2 aromatic carbocycles. The van der Waals surface area contributed by atoms with Gasteiger partial charge in [0.15, 0.2) is 0 Å². The number of carbonyl (C=O) groups is 2. The molecule has 0 heterocycles. The van der Waals surface area contributed by atoms with E-state index in [0.29, 0.717) is 22.4 Å². The molecule has 0 aliphatic heterocycles. The van der Waals surface area contributed by atoms with Gasteiger partial charge in [-0.25, -0.2) is 4.79 Å². The molecule has 0 bridgehead atoms. The van der Waals surface area contributed by atoms with Gasteiger partial charge in [0.05, 0.1) is 19.1 Å². The molecule has 1 amide bonds. The van der Waals surface area contributed by atoms with Crippen molar-refractivity contribution in [3.63, 3.8) is 0 Å². The fourth-order valence-corrected chi connectivity index (χ4v) is 2.27. The molecule has 0 saturated heterocycles. The van der Waals surface area contributed by atoms with Crippen LogP contribution in [0.2, 0.25) is 0 Å². The third kappa shape index (κ3) is 5.00. The highest BCUT2D eigenvalue weighted by Gasteiger charge is 2.13. The molecule has 0 unspecified atom stereocenters. The highest BCUT2D eigenvalue weighted by Crippen LogP contribution is 2.20. The summed E-state index contributed by atoms with van der Waals surface area (Å²) in [5.41, 5.74) is 2.11. The molecule has 0 atom stereocenters. The molecule has 1 N–H and O–H groups in total. The van der Waals surface area contributed by atoms with Crippen LogP contribution in [0.25, 0.3) is 0 Å². The third-order valence-corrected chi connectivity index (χ3v) is 3.53. The van der Waals surface area contributed by atoms with Crippen LogP contribution in [0.4, 0.5) is 14.5 Å². The minimum Gasteiger partial charge on any atom is -0.465 e. The number of hydrogen-bond donors (Lipinski definition) is 1. The summed E-state index contributed by atoms with van der Waals surface area (Å²) >= 11 is 0. The molecule has 2 rings (SSSR count). The molecule has 5 nitrogen and oxygen atoms in total. The normalized spacial score (nSPS) is 10.4. The van der Waals surface area contributed by atoms with Crippen LogP contribution in [0.5, 0.6) is 5.75 Å². The summed E-state index contributed by atoms with van der Waals surface area (Å²) in [5.74, 6) is -0.753. The summed E-state index contributed by atoms with van der Waals surface area (Å²) < 4.78 is 33.2. The number of hydrogen-bond acceptors (Lipinski definition) is 4. The molecule has 0 spiro atoms. The first-order valence-corrected chi connectivity index (χ1v) is 7.42. The lowest BCUT2D eigenvalue weighted by atomic mass is 10.1. The summed E-state index contributed by atoms with van der Waals surface area (Å²) in [7, 11) is 1.29. The Morgan fingerprint density at radius 3 is 2.40 bits per heavy atom. The highest BCUT2D eigenvalue weighted by atomic mass is 19.3. The van der Waals surface area contributed by atoms with Gasteiger partial charge in [0, 0.05) is 5.69 Å². The summed E-state index contributed by atoms with van der Waals surface area (Å²) in [6, 6.07) is 10.8. The van der Waals surface area contributed by atoms with Gasteiger partial charge in [-0.3, -0.25) is 4.79 Å². The lowest BCUT2D eigenvalue weighted by Crippen LogP contribution is -2.16. The highest BCUT2D eigenvalue weighted by molar-refractivity contribution is 5.97. The van der Waals surface area contributed by atoms with E-state index in [4.69, 9.17) is 4.74 Å². The number of methoxy groups -OCH3 is 1. The molecule has 0 aliphatic carbocycles. The molecule has 2 aromatic rings. The van der Waals surface area contributed by atoms with Crippen molar-refractivity contribution >= 4 is 17.6 Å². The molecule has 0 aromatic heterocycles. The Bertz CT molecular complexity index is 760. The van der Waals surface area contributed by atoms with Gasteiger partial charge in [-0.1, -0.05) is 18.2 Å². The second-order valence-corrected chi connectivity index (χ2v) is 5.22. The van der Waals surface area contributed by atoms with Crippen LogP contribution in [-0.2, 0) is 16.0 Å². The maximum absolute atomic E-state index is 12.2. The van der Waals surface area contributed by atoms with Gasteiger partial charge in [-0.2, -0.15) is 8.78 Å². The topological polar surface area (TPSA) is 64.6 Å². The predicted octanol–water partition coefficient (Wildman–Crippen LogP) is 3.56. The molecule has 0 radical (unpaired) electrons. The smallest absolute Gasteiger partial charge is 0.387 e. The molecular weight excluding hydrogens is 332 g/mol. The standard InChI is InChI=1S/C18H17F2NO4/c1-11-14(17(23)24-2)4-3-5-15(11)21-16(22)10-12-6-8-13(9-7-12)25-18(19)20/h3-9,18H,10H2,1-2H3,(H,21,22). The van der Waals surface area contributed by atoms with Crippen LogP contribution < -0.4 is 10.1 Å². The largest absolute Gasteiger partial charge is 0.465 e. The van der Waals surface area contributed by atoms with Crippen LogP contribution in [0, 0.1) is 6.92 Å². The van der Waals surface area contributed by atoms with E-state index < -0.39 is 12.6 Å². The minimum absolute atomic E-state index is 0.0285. The second-order valence-electron chi connectivity index (χ2n) is 5.22. The van der Waals surface area contributed by atoms with Crippen molar-refractivity contribution in [3.8, 4) is 5.75 Å². The van der Waals surface area contributed by atoms with Gasteiger partial charge in [0.25, 0.3) is 0 Å². The number of ether oxygens (including phenoxy) is 2. The lowest BCUT2D eigenvalue weighted by Gasteiger charge is -2.11. The van der Waals surface area contributed by atoms with Crippen LogP contribution in [0.15, 0.2) is 42.5 Å². The molecule has 7 heteroatoms. The van der Waals surface area contributed by atoms with Gasteiger partial charge >= 0.3 is 12.6 Å². The first-order valence-electron chi connectivity index (χ1n) is 7.42. The fraction of sp³-hybridized carbons (Fsp3) is 0.222. The Balaban J connectivity index is 2.04. The van der Waals surface area contributed by atoms with Crippen molar-refractivity contribution in [2.24, 2.45) is 0 Å². The average molecular weight is 349 g/mol. The van der Waals surface area contributed by atoms with Crippen molar-refractivity contribution in [2.45, 2.75) is 20.0 Å². The number of nitrogens with one attached hydrogen (secondary N) is 1. The van der Waals surface area contributed by atoms with Crippen molar-refractivity contribution < 1.29 is 27.8 Å². The molecule has 0 aliphatic rings. The Labute approximate surface area is 143 Å². The SMILES string of the molecule is COC(=O)c1cccc(NC(=O)Cc2ccc(OC(F)F)cc2)c1C. The number of alkyl halides is 2. The summed E-state index contributed by atoms with van der Waals surface area (Å²) in [6.45, 7) is -1.18. The van der Waals surface area contributed by atoms with Crippen molar-refractivity contribution in [3.05, 3.63) is 59.2 Å². The molecule has 25 heavy (non-hydrogen) atoms.